The number of allylic oxidation sites excluding steroid dienone is 5. The zero-order valence-corrected chi connectivity index (χ0v) is 23.0. The normalized spacial score (nSPS) is 19.1. The Bertz CT molecular complexity index is 1380. The molecule has 5 heteroatoms. The van der Waals surface area contributed by atoms with Crippen LogP contribution in [0.3, 0.4) is 0 Å². The highest BCUT2D eigenvalue weighted by Crippen LogP contribution is 2.43. The lowest BCUT2D eigenvalue weighted by Crippen LogP contribution is -2.49. The number of carbonyl (C=O) groups is 1. The standard InChI is InChI=1S/C31H36N3OSi/c1-5-6-15-32(2)31(35)25-10-8-7-9-24(25)30-26-13-11-22(33-16-17-33)20-28(26)36(3,4)29-21-23(34-18-19-34)12-14-27(29)30/h7-14,20-21H,5-6,15-19H2,1-4H3/q+1. The van der Waals surface area contributed by atoms with Gasteiger partial charge in [0, 0.05) is 50.1 Å². The van der Waals surface area contributed by atoms with Crippen molar-refractivity contribution >= 4 is 36.1 Å². The summed E-state index contributed by atoms with van der Waals surface area (Å²) < 4.78 is 2.44. The number of fused-ring (bicyclic) bond motifs is 2. The third-order valence-electron chi connectivity index (χ3n) is 8.14. The van der Waals surface area contributed by atoms with Crippen LogP contribution < -0.4 is 10.1 Å². The van der Waals surface area contributed by atoms with E-state index in [0.29, 0.717) is 0 Å². The summed E-state index contributed by atoms with van der Waals surface area (Å²) in [5.74, 6) is 0.109. The monoisotopic (exact) mass is 494 g/mol. The molecule has 0 atom stereocenters. The molecular weight excluding hydrogens is 458 g/mol. The van der Waals surface area contributed by atoms with Crippen LogP contribution in [0.5, 0.6) is 0 Å². The lowest BCUT2D eigenvalue weighted by atomic mass is 9.87. The van der Waals surface area contributed by atoms with Gasteiger partial charge in [0.05, 0.1) is 0 Å². The van der Waals surface area contributed by atoms with Crippen molar-refractivity contribution in [2.45, 2.75) is 32.9 Å². The predicted octanol–water partition coefficient (Wildman–Crippen LogP) is 4.61. The van der Waals surface area contributed by atoms with Crippen LogP contribution in [0, 0.1) is 0 Å². The molecule has 1 amide bonds. The molecule has 0 unspecified atom stereocenters. The summed E-state index contributed by atoms with van der Waals surface area (Å²) in [6.45, 7) is 12.5. The summed E-state index contributed by atoms with van der Waals surface area (Å²) in [6.07, 6.45) is 9.17. The molecule has 1 aliphatic carbocycles. The van der Waals surface area contributed by atoms with E-state index in [4.69, 9.17) is 0 Å². The molecule has 3 heterocycles. The highest BCUT2D eigenvalue weighted by atomic mass is 28.3. The van der Waals surface area contributed by atoms with E-state index in [1.807, 2.05) is 24.1 Å². The van der Waals surface area contributed by atoms with Gasteiger partial charge in [-0.1, -0.05) is 50.7 Å². The quantitative estimate of drug-likeness (QED) is 0.333. The number of carbonyl (C=O) groups excluding carboxylic acids is 1. The van der Waals surface area contributed by atoms with Gasteiger partial charge in [-0.2, -0.15) is 0 Å². The molecule has 184 valence electrons. The number of nitrogens with zero attached hydrogens (tertiary/aromatic N) is 3. The summed E-state index contributed by atoms with van der Waals surface area (Å²) >= 11 is 0. The van der Waals surface area contributed by atoms with E-state index in [9.17, 15) is 4.79 Å². The molecule has 0 spiro atoms. The summed E-state index contributed by atoms with van der Waals surface area (Å²) in [4.78, 5) is 18.0. The Labute approximate surface area is 215 Å². The maximum absolute atomic E-state index is 13.7. The summed E-state index contributed by atoms with van der Waals surface area (Å²) in [7, 11) is -0.0235. The fourth-order valence-electron chi connectivity index (χ4n) is 5.71. The van der Waals surface area contributed by atoms with Crippen molar-refractivity contribution in [2.75, 3.05) is 44.7 Å². The van der Waals surface area contributed by atoms with Crippen molar-refractivity contribution in [1.82, 2.24) is 4.90 Å². The smallest absolute Gasteiger partial charge is 0.254 e. The first-order valence-corrected chi connectivity index (χ1v) is 16.4. The van der Waals surface area contributed by atoms with Crippen molar-refractivity contribution in [3.63, 3.8) is 0 Å². The van der Waals surface area contributed by atoms with Crippen molar-refractivity contribution in [3.8, 4) is 0 Å². The van der Waals surface area contributed by atoms with Gasteiger partial charge in [-0.05, 0) is 63.4 Å². The number of unbranched alkanes of at least 4 members (excludes halogenated alkanes) is 1. The average molecular weight is 495 g/mol. The van der Waals surface area contributed by atoms with Gasteiger partial charge in [-0.25, -0.2) is 4.58 Å². The highest BCUT2D eigenvalue weighted by Gasteiger charge is 2.42. The molecule has 3 aliphatic heterocycles. The van der Waals surface area contributed by atoms with Crippen molar-refractivity contribution in [3.05, 3.63) is 88.2 Å². The van der Waals surface area contributed by atoms with Crippen LogP contribution in [0.1, 0.15) is 41.3 Å². The summed E-state index contributed by atoms with van der Waals surface area (Å²) in [6, 6.07) is 15.3. The minimum atomic E-state index is -1.96. The third-order valence-corrected chi connectivity index (χ3v) is 11.7. The first-order chi connectivity index (χ1) is 17.4. The van der Waals surface area contributed by atoms with Gasteiger partial charge >= 0.3 is 0 Å². The van der Waals surface area contributed by atoms with Crippen LogP contribution in [0.25, 0.3) is 5.57 Å². The highest BCUT2D eigenvalue weighted by molar-refractivity contribution is 6.98. The molecule has 0 N–H and O–H groups in total. The number of hydrogen-bond acceptors (Lipinski definition) is 2. The molecule has 0 radical (unpaired) electrons. The lowest BCUT2D eigenvalue weighted by molar-refractivity contribution is -0.333. The van der Waals surface area contributed by atoms with Crippen LogP contribution in [0.2, 0.25) is 13.1 Å². The van der Waals surface area contributed by atoms with Gasteiger partial charge in [-0.3, -0.25) is 4.79 Å². The van der Waals surface area contributed by atoms with E-state index in [0.717, 1.165) is 56.7 Å². The second-order valence-electron chi connectivity index (χ2n) is 11.1. The molecule has 2 aromatic rings. The number of amides is 1. The lowest BCUT2D eigenvalue weighted by Gasteiger charge is -2.38. The second-order valence-corrected chi connectivity index (χ2v) is 15.4. The maximum atomic E-state index is 13.7. The van der Waals surface area contributed by atoms with Crippen LogP contribution >= 0.6 is 0 Å². The van der Waals surface area contributed by atoms with Crippen molar-refractivity contribution in [2.24, 2.45) is 0 Å². The molecule has 36 heavy (non-hydrogen) atoms. The maximum Gasteiger partial charge on any atom is 0.254 e. The minimum absolute atomic E-state index is 0.109. The van der Waals surface area contributed by atoms with Gasteiger partial charge < -0.3 is 9.80 Å². The van der Waals surface area contributed by atoms with Crippen LogP contribution in [0.15, 0.2) is 71.5 Å². The molecule has 0 bridgehead atoms. The first-order valence-electron chi connectivity index (χ1n) is 13.4. The largest absolute Gasteiger partial charge is 0.368 e. The Morgan fingerprint density at radius 3 is 2.56 bits per heavy atom. The van der Waals surface area contributed by atoms with Gasteiger partial charge in [0.25, 0.3) is 5.91 Å². The Hall–Kier alpha value is -3.18. The fraction of sp³-hybridized carbons (Fsp3) is 0.355. The summed E-state index contributed by atoms with van der Waals surface area (Å²) in [5.41, 5.74) is 8.35. The van der Waals surface area contributed by atoms with E-state index in [2.05, 4.69) is 78.1 Å². The third kappa shape index (κ3) is 3.90. The SMILES string of the molecule is CCCCN(C)C(=O)c1ccccc1C1=C2C=CC(=[N+]3CC3)C=C2[Si](C)(C)c2cc(N3CC3)ccc21. The molecule has 0 saturated carbocycles. The second kappa shape index (κ2) is 8.73. The average Bonchev–Trinajstić information content (AvgIpc) is 3.80. The molecule has 4 aliphatic rings. The molecule has 6 rings (SSSR count). The van der Waals surface area contributed by atoms with Gasteiger partial charge in [0.15, 0.2) is 5.71 Å². The zero-order valence-electron chi connectivity index (χ0n) is 22.0. The number of anilines is 1. The van der Waals surface area contributed by atoms with Crippen molar-refractivity contribution in [1.29, 1.82) is 0 Å². The van der Waals surface area contributed by atoms with Gasteiger partial charge in [-0.15, -0.1) is 0 Å². The molecule has 2 saturated heterocycles. The Morgan fingerprint density at radius 2 is 1.83 bits per heavy atom. The van der Waals surface area contributed by atoms with Crippen LogP contribution in [-0.4, -0.2) is 68.9 Å². The van der Waals surface area contributed by atoms with Crippen LogP contribution in [0.4, 0.5) is 5.69 Å². The minimum Gasteiger partial charge on any atom is -0.368 e. The number of benzene rings is 2. The van der Waals surface area contributed by atoms with E-state index >= 15 is 0 Å². The fourth-order valence-corrected chi connectivity index (χ4v) is 8.79. The van der Waals surface area contributed by atoms with E-state index in [1.165, 1.54) is 38.5 Å². The molecule has 2 fully saturated rings. The Morgan fingerprint density at radius 1 is 1.06 bits per heavy atom. The molecule has 2 aromatic carbocycles. The molecular formula is C31H36N3OSi+. The topological polar surface area (TPSA) is 26.3 Å². The zero-order chi connectivity index (χ0) is 25.0. The van der Waals surface area contributed by atoms with Crippen LogP contribution in [-0.2, 0) is 0 Å². The van der Waals surface area contributed by atoms with E-state index in [-0.39, 0.29) is 5.91 Å². The number of hydrogen-bond donors (Lipinski definition) is 0. The van der Waals surface area contributed by atoms with Gasteiger partial charge in [0.2, 0.25) is 13.1 Å². The number of rotatable bonds is 6. The van der Waals surface area contributed by atoms with Crippen molar-refractivity contribution < 1.29 is 9.37 Å². The first kappa shape index (κ1) is 23.2. The van der Waals surface area contributed by atoms with E-state index < -0.39 is 8.07 Å². The summed E-state index contributed by atoms with van der Waals surface area (Å²) in [5, 5.41) is 2.97. The molecule has 4 nitrogen and oxygen atoms in total. The Balaban J connectivity index is 1.57. The van der Waals surface area contributed by atoms with E-state index in [1.54, 1.807) is 0 Å². The molecule has 0 aromatic heterocycles. The van der Waals surface area contributed by atoms with Gasteiger partial charge in [0.1, 0.15) is 8.07 Å². The Kier molecular flexibility index (Phi) is 5.64. The predicted molar refractivity (Wildman–Crippen MR) is 152 cm³/mol.